The summed E-state index contributed by atoms with van der Waals surface area (Å²) in [4.78, 5) is 24.0. The highest BCUT2D eigenvalue weighted by atomic mass is 19.1. The van der Waals surface area contributed by atoms with Crippen LogP contribution >= 0.6 is 0 Å². The Hall–Kier alpha value is -2.51. The molecule has 0 aromatic carbocycles. The van der Waals surface area contributed by atoms with E-state index in [-0.39, 0.29) is 5.91 Å². The maximum Gasteiger partial charge on any atom is 0.276 e. The highest BCUT2D eigenvalue weighted by molar-refractivity contribution is 5.94. The van der Waals surface area contributed by atoms with Gasteiger partial charge >= 0.3 is 0 Å². The van der Waals surface area contributed by atoms with Crippen LogP contribution in [0.1, 0.15) is 34.7 Å². The number of carbonyl (C=O) groups excluding carboxylic acids is 1. The molecule has 0 atom stereocenters. The van der Waals surface area contributed by atoms with E-state index in [4.69, 9.17) is 4.52 Å². The summed E-state index contributed by atoms with van der Waals surface area (Å²) in [5.74, 6) is 0.788. The predicted molar refractivity (Wildman–Crippen MR) is 83.3 cm³/mol. The number of nitrogens with zero attached hydrogens (tertiary/aromatic N) is 5. The van der Waals surface area contributed by atoms with Crippen LogP contribution in [0.3, 0.4) is 0 Å². The van der Waals surface area contributed by atoms with E-state index in [1.54, 1.807) is 4.90 Å². The summed E-state index contributed by atoms with van der Waals surface area (Å²) < 4.78 is 18.5. The van der Waals surface area contributed by atoms with Crippen LogP contribution < -0.4 is 4.90 Å². The summed E-state index contributed by atoms with van der Waals surface area (Å²) in [5.41, 5.74) is 1.44. The first-order chi connectivity index (χ1) is 11.7. The standard InChI is InChI=1S/C16H18FN5O2/c17-13-9-14(19-10-18-13)21-5-7-22(8-6-21)16(23)15-11-3-1-2-4-12(11)24-20-15/h9-10H,1-8H2. The molecule has 1 aliphatic heterocycles. The molecular formula is C16H18FN5O2. The van der Waals surface area contributed by atoms with Crippen LogP contribution in [0.5, 0.6) is 0 Å². The van der Waals surface area contributed by atoms with Gasteiger partial charge in [-0.15, -0.1) is 0 Å². The average molecular weight is 331 g/mol. The fraction of sp³-hybridized carbons (Fsp3) is 0.500. The van der Waals surface area contributed by atoms with Crippen molar-refractivity contribution in [3.63, 3.8) is 0 Å². The number of halogens is 1. The maximum atomic E-state index is 13.2. The first kappa shape index (κ1) is 15.0. The van der Waals surface area contributed by atoms with Crippen molar-refractivity contribution >= 4 is 11.7 Å². The minimum absolute atomic E-state index is 0.0737. The molecule has 8 heteroatoms. The minimum atomic E-state index is -0.548. The number of rotatable bonds is 2. The van der Waals surface area contributed by atoms with Crippen LogP contribution in [0, 0.1) is 5.95 Å². The first-order valence-electron chi connectivity index (χ1n) is 8.21. The number of aromatic nitrogens is 3. The van der Waals surface area contributed by atoms with Gasteiger partial charge in [0.25, 0.3) is 5.91 Å². The molecule has 0 unspecified atom stereocenters. The fourth-order valence-corrected chi connectivity index (χ4v) is 3.34. The van der Waals surface area contributed by atoms with Crippen LogP contribution in [0.25, 0.3) is 0 Å². The van der Waals surface area contributed by atoms with Gasteiger partial charge in [-0.2, -0.15) is 4.39 Å². The van der Waals surface area contributed by atoms with Gasteiger partial charge in [-0.05, 0) is 19.3 Å². The molecule has 1 aliphatic carbocycles. The molecule has 1 saturated heterocycles. The third-order valence-electron chi connectivity index (χ3n) is 4.66. The second-order valence-corrected chi connectivity index (χ2v) is 6.12. The van der Waals surface area contributed by atoms with Gasteiger partial charge in [-0.25, -0.2) is 9.97 Å². The van der Waals surface area contributed by atoms with Gasteiger partial charge in [0.15, 0.2) is 5.69 Å². The van der Waals surface area contributed by atoms with E-state index >= 15 is 0 Å². The van der Waals surface area contributed by atoms with Crippen LogP contribution in [0.2, 0.25) is 0 Å². The second-order valence-electron chi connectivity index (χ2n) is 6.12. The lowest BCUT2D eigenvalue weighted by atomic mass is 9.96. The summed E-state index contributed by atoms with van der Waals surface area (Å²) in [6, 6.07) is 1.31. The Kier molecular flexibility index (Phi) is 3.87. The van der Waals surface area contributed by atoms with Crippen molar-refractivity contribution in [2.24, 2.45) is 0 Å². The lowest BCUT2D eigenvalue weighted by Gasteiger charge is -2.35. The van der Waals surface area contributed by atoms with Crippen molar-refractivity contribution in [3.8, 4) is 0 Å². The quantitative estimate of drug-likeness (QED) is 0.775. The van der Waals surface area contributed by atoms with E-state index in [9.17, 15) is 9.18 Å². The van der Waals surface area contributed by atoms with Gasteiger partial charge < -0.3 is 14.3 Å². The van der Waals surface area contributed by atoms with Crippen LogP contribution in [-0.4, -0.2) is 52.1 Å². The number of carbonyl (C=O) groups is 1. The predicted octanol–water partition coefficient (Wildman–Crippen LogP) is 1.44. The van der Waals surface area contributed by atoms with Crippen LogP contribution in [0.4, 0.5) is 10.2 Å². The van der Waals surface area contributed by atoms with Crippen molar-refractivity contribution in [2.45, 2.75) is 25.7 Å². The van der Waals surface area contributed by atoms with Crippen molar-refractivity contribution in [1.29, 1.82) is 0 Å². The Morgan fingerprint density at radius 2 is 1.92 bits per heavy atom. The van der Waals surface area contributed by atoms with E-state index in [1.807, 2.05) is 4.90 Å². The molecule has 7 nitrogen and oxygen atoms in total. The molecule has 4 rings (SSSR count). The number of amides is 1. The summed E-state index contributed by atoms with van der Waals surface area (Å²) in [6.07, 6.45) is 5.10. The molecular weight excluding hydrogens is 313 g/mol. The van der Waals surface area contributed by atoms with Gasteiger partial charge in [-0.3, -0.25) is 4.79 Å². The van der Waals surface area contributed by atoms with Crippen molar-refractivity contribution in [1.82, 2.24) is 20.0 Å². The Morgan fingerprint density at radius 1 is 1.12 bits per heavy atom. The smallest absolute Gasteiger partial charge is 0.276 e. The van der Waals surface area contributed by atoms with E-state index in [1.165, 1.54) is 12.4 Å². The molecule has 1 amide bonds. The molecule has 0 radical (unpaired) electrons. The maximum absolute atomic E-state index is 13.2. The molecule has 0 bridgehead atoms. The number of anilines is 1. The normalized spacial score (nSPS) is 17.7. The van der Waals surface area contributed by atoms with Gasteiger partial charge in [0.05, 0.1) is 0 Å². The van der Waals surface area contributed by atoms with Crippen LogP contribution in [0.15, 0.2) is 16.9 Å². The number of hydrogen-bond donors (Lipinski definition) is 0. The largest absolute Gasteiger partial charge is 0.360 e. The summed E-state index contributed by atoms with van der Waals surface area (Å²) in [5, 5.41) is 4.01. The first-order valence-corrected chi connectivity index (χ1v) is 8.21. The lowest BCUT2D eigenvalue weighted by molar-refractivity contribution is 0.0735. The number of piperazine rings is 1. The Bertz CT molecular complexity index is 755. The second kappa shape index (κ2) is 6.18. The Balaban J connectivity index is 1.44. The fourth-order valence-electron chi connectivity index (χ4n) is 3.34. The molecule has 2 aromatic rings. The van der Waals surface area contributed by atoms with Crippen molar-refractivity contribution in [2.75, 3.05) is 31.1 Å². The zero-order valence-electron chi connectivity index (χ0n) is 13.2. The van der Waals surface area contributed by atoms with E-state index < -0.39 is 5.95 Å². The Labute approximate surface area is 138 Å². The molecule has 1 fully saturated rings. The number of fused-ring (bicyclic) bond motifs is 1. The summed E-state index contributed by atoms with van der Waals surface area (Å²) in [7, 11) is 0. The van der Waals surface area contributed by atoms with Crippen molar-refractivity contribution in [3.05, 3.63) is 35.4 Å². The summed E-state index contributed by atoms with van der Waals surface area (Å²) >= 11 is 0. The third-order valence-corrected chi connectivity index (χ3v) is 4.66. The van der Waals surface area contributed by atoms with E-state index in [0.29, 0.717) is 37.7 Å². The number of aryl methyl sites for hydroxylation is 1. The minimum Gasteiger partial charge on any atom is -0.360 e. The topological polar surface area (TPSA) is 75.4 Å². The molecule has 3 heterocycles. The lowest BCUT2D eigenvalue weighted by Crippen LogP contribution is -2.49. The molecule has 0 saturated carbocycles. The third kappa shape index (κ3) is 2.72. The molecule has 2 aliphatic rings. The van der Waals surface area contributed by atoms with E-state index in [2.05, 4.69) is 15.1 Å². The summed E-state index contributed by atoms with van der Waals surface area (Å²) in [6.45, 7) is 2.29. The zero-order valence-corrected chi connectivity index (χ0v) is 13.2. The van der Waals surface area contributed by atoms with Gasteiger partial charge in [0.2, 0.25) is 5.95 Å². The number of hydrogen-bond acceptors (Lipinski definition) is 6. The Morgan fingerprint density at radius 3 is 2.71 bits per heavy atom. The molecule has 2 aromatic heterocycles. The SMILES string of the molecule is O=C(c1noc2c1CCCC2)N1CCN(c2cc(F)ncn2)CC1. The van der Waals surface area contributed by atoms with Crippen molar-refractivity contribution < 1.29 is 13.7 Å². The van der Waals surface area contributed by atoms with Crippen LogP contribution in [-0.2, 0) is 12.8 Å². The van der Waals surface area contributed by atoms with Gasteiger partial charge in [0, 0.05) is 44.2 Å². The molecule has 126 valence electrons. The highest BCUT2D eigenvalue weighted by Crippen LogP contribution is 2.25. The van der Waals surface area contributed by atoms with Gasteiger partial charge in [0.1, 0.15) is 17.9 Å². The molecule has 0 N–H and O–H groups in total. The van der Waals surface area contributed by atoms with E-state index in [0.717, 1.165) is 37.0 Å². The zero-order chi connectivity index (χ0) is 16.5. The highest BCUT2D eigenvalue weighted by Gasteiger charge is 2.29. The average Bonchev–Trinajstić information content (AvgIpc) is 3.05. The molecule has 24 heavy (non-hydrogen) atoms. The molecule has 0 spiro atoms. The monoisotopic (exact) mass is 331 g/mol. The van der Waals surface area contributed by atoms with Gasteiger partial charge in [-0.1, -0.05) is 5.16 Å².